The lowest BCUT2D eigenvalue weighted by atomic mass is 9.98. The number of ether oxygens (including phenoxy) is 5. The zero-order valence-corrected chi connectivity index (χ0v) is 49.2. The molecule has 448 valence electrons. The summed E-state index contributed by atoms with van der Waals surface area (Å²) >= 11 is 0. The monoisotopic (exact) mass is 1120 g/mol. The van der Waals surface area contributed by atoms with E-state index in [1.54, 1.807) is 12.2 Å². The molecule has 0 amide bonds. The molecule has 0 bridgehead atoms. The molecule has 12 heteroatoms. The molecule has 0 aromatic rings. The molecule has 1 aliphatic heterocycles. The predicted octanol–water partition coefficient (Wildman–Crippen LogP) is 15.7. The molecule has 1 heterocycles. The standard InChI is InChI=1S/C69H100O12/c1-4-7-10-13-16-19-22-25-28-30-31-33-35-37-40-43-46-49-52-55-61(70)77-58-60(79-62(71)56-53-50-47-44-41-39-36-32-29-26-23-20-17-14-11-8-5-2)59-78-69-67(65(74)64(73)66(81-69)68(75)76)80-63(72)57-54-51-48-45-42-38-34-27-24-21-18-15-12-9-6-3/h7-12,16-21,25-29,31,33-34,36-37,39-40,42,45-46,49,51,54,60,64-67,69,73-74H,4-6,13-15,22-24,30,32,35,38,41,43-44,47-48,50,52-53,55-59H2,1-3H3,(H,75,76)/b10-7-,11-8-,12-9-,19-16-,20-17-,21-18-,28-25-,29-26-,33-31-,34-27-,39-36-,40-37-,45-42-,49-46-,54-51-. The molecule has 1 rings (SSSR count). The number of aliphatic hydroxyl groups excluding tert-OH is 2. The number of carboxylic acid groups (broad SMARTS) is 1. The van der Waals surface area contributed by atoms with Crippen LogP contribution < -0.4 is 0 Å². The van der Waals surface area contributed by atoms with E-state index in [1.165, 1.54) is 0 Å². The number of aliphatic carboxylic acids is 1. The van der Waals surface area contributed by atoms with Crippen molar-refractivity contribution in [1.82, 2.24) is 0 Å². The lowest BCUT2D eigenvalue weighted by molar-refractivity contribution is -0.301. The first kappa shape index (κ1) is 72.8. The van der Waals surface area contributed by atoms with Crippen LogP contribution in [0.2, 0.25) is 0 Å². The van der Waals surface area contributed by atoms with Gasteiger partial charge in [0, 0.05) is 12.8 Å². The van der Waals surface area contributed by atoms with Crippen LogP contribution in [0, 0.1) is 0 Å². The van der Waals surface area contributed by atoms with Crippen molar-refractivity contribution >= 4 is 23.9 Å². The second-order valence-corrected chi connectivity index (χ2v) is 19.1. The predicted molar refractivity (Wildman–Crippen MR) is 330 cm³/mol. The Morgan fingerprint density at radius 3 is 1.22 bits per heavy atom. The van der Waals surface area contributed by atoms with Gasteiger partial charge >= 0.3 is 23.9 Å². The third-order valence-electron chi connectivity index (χ3n) is 12.0. The lowest BCUT2D eigenvalue weighted by Gasteiger charge is -2.40. The van der Waals surface area contributed by atoms with Crippen LogP contribution in [-0.4, -0.2) is 89.2 Å². The summed E-state index contributed by atoms with van der Waals surface area (Å²) in [6.07, 6.45) is 70.4. The fourth-order valence-electron chi connectivity index (χ4n) is 7.58. The molecule has 0 aromatic heterocycles. The van der Waals surface area contributed by atoms with Crippen LogP contribution in [0.25, 0.3) is 0 Å². The minimum absolute atomic E-state index is 0.0661. The topological polar surface area (TPSA) is 175 Å². The average Bonchev–Trinajstić information content (AvgIpc) is 3.53. The Hall–Kier alpha value is -6.18. The molecule has 0 aromatic carbocycles. The van der Waals surface area contributed by atoms with Gasteiger partial charge in [-0.25, -0.2) is 4.79 Å². The van der Waals surface area contributed by atoms with Crippen LogP contribution in [-0.2, 0) is 42.9 Å². The zero-order valence-electron chi connectivity index (χ0n) is 49.2. The Labute approximate surface area is 487 Å². The van der Waals surface area contributed by atoms with Crippen LogP contribution in [0.4, 0.5) is 0 Å². The van der Waals surface area contributed by atoms with Gasteiger partial charge in [-0.1, -0.05) is 216 Å². The molecule has 6 unspecified atom stereocenters. The van der Waals surface area contributed by atoms with Gasteiger partial charge in [0.05, 0.1) is 13.0 Å². The van der Waals surface area contributed by atoms with Crippen LogP contribution in [0.3, 0.4) is 0 Å². The highest BCUT2D eigenvalue weighted by Gasteiger charge is 2.50. The number of carbonyl (C=O) groups is 4. The number of esters is 3. The van der Waals surface area contributed by atoms with Crippen molar-refractivity contribution in [2.45, 2.75) is 212 Å². The molecule has 1 aliphatic rings. The molecular formula is C69H100O12. The first-order chi connectivity index (χ1) is 39.6. The van der Waals surface area contributed by atoms with Crippen molar-refractivity contribution in [3.05, 3.63) is 182 Å². The van der Waals surface area contributed by atoms with Crippen molar-refractivity contribution < 1.29 is 58.2 Å². The van der Waals surface area contributed by atoms with E-state index in [0.29, 0.717) is 25.7 Å². The Kier molecular flexibility index (Phi) is 48.9. The molecule has 6 atom stereocenters. The average molecular weight is 1120 g/mol. The van der Waals surface area contributed by atoms with Gasteiger partial charge in [-0.3, -0.25) is 14.4 Å². The fourth-order valence-corrected chi connectivity index (χ4v) is 7.58. The van der Waals surface area contributed by atoms with Crippen LogP contribution in [0.1, 0.15) is 175 Å². The molecule has 3 N–H and O–H groups in total. The summed E-state index contributed by atoms with van der Waals surface area (Å²) in [5, 5.41) is 31.5. The van der Waals surface area contributed by atoms with Crippen LogP contribution in [0.15, 0.2) is 182 Å². The maximum Gasteiger partial charge on any atom is 0.335 e. The van der Waals surface area contributed by atoms with Gasteiger partial charge < -0.3 is 39.0 Å². The number of carboxylic acids is 1. The molecule has 12 nitrogen and oxygen atoms in total. The van der Waals surface area contributed by atoms with Gasteiger partial charge in [0.15, 0.2) is 24.6 Å². The van der Waals surface area contributed by atoms with Gasteiger partial charge in [0.2, 0.25) is 0 Å². The second kappa shape index (κ2) is 54.4. The molecule has 0 spiro atoms. The van der Waals surface area contributed by atoms with Gasteiger partial charge in [0.1, 0.15) is 18.8 Å². The van der Waals surface area contributed by atoms with Gasteiger partial charge in [-0.2, -0.15) is 0 Å². The highest BCUT2D eigenvalue weighted by atomic mass is 16.7. The first-order valence-corrected chi connectivity index (χ1v) is 29.8. The summed E-state index contributed by atoms with van der Waals surface area (Å²) < 4.78 is 28.2. The maximum absolute atomic E-state index is 13.2. The Morgan fingerprint density at radius 1 is 0.420 bits per heavy atom. The molecular weight excluding hydrogens is 1020 g/mol. The summed E-state index contributed by atoms with van der Waals surface area (Å²) in [5.74, 6) is -3.47. The van der Waals surface area contributed by atoms with E-state index >= 15 is 0 Å². The normalized spacial score (nSPS) is 19.0. The smallest absolute Gasteiger partial charge is 0.335 e. The molecule has 0 saturated carbocycles. The molecule has 1 fully saturated rings. The largest absolute Gasteiger partial charge is 0.479 e. The summed E-state index contributed by atoms with van der Waals surface area (Å²) in [4.78, 5) is 51.1. The van der Waals surface area contributed by atoms with E-state index < -0.39 is 73.9 Å². The number of aliphatic hydroxyl groups is 2. The maximum atomic E-state index is 13.2. The van der Waals surface area contributed by atoms with E-state index in [2.05, 4.69) is 167 Å². The molecule has 0 radical (unpaired) electrons. The molecule has 81 heavy (non-hydrogen) atoms. The number of hydrogen-bond acceptors (Lipinski definition) is 11. The van der Waals surface area contributed by atoms with Gasteiger partial charge in [0.25, 0.3) is 0 Å². The summed E-state index contributed by atoms with van der Waals surface area (Å²) in [6, 6.07) is 0. The van der Waals surface area contributed by atoms with Crippen molar-refractivity contribution in [2.24, 2.45) is 0 Å². The summed E-state index contributed by atoms with van der Waals surface area (Å²) in [5.41, 5.74) is 0. The minimum Gasteiger partial charge on any atom is -0.479 e. The van der Waals surface area contributed by atoms with Gasteiger partial charge in [-0.15, -0.1) is 0 Å². The Morgan fingerprint density at radius 2 is 0.802 bits per heavy atom. The van der Waals surface area contributed by atoms with Crippen molar-refractivity contribution in [1.29, 1.82) is 0 Å². The van der Waals surface area contributed by atoms with Crippen molar-refractivity contribution in [3.63, 3.8) is 0 Å². The van der Waals surface area contributed by atoms with Crippen molar-refractivity contribution in [3.8, 4) is 0 Å². The third kappa shape index (κ3) is 44.2. The van der Waals surface area contributed by atoms with Crippen LogP contribution in [0.5, 0.6) is 0 Å². The molecule has 0 aliphatic carbocycles. The van der Waals surface area contributed by atoms with Gasteiger partial charge in [-0.05, 0) is 122 Å². The highest BCUT2D eigenvalue weighted by molar-refractivity contribution is 5.74. The number of carbonyl (C=O) groups excluding carboxylic acids is 3. The quantitative estimate of drug-likeness (QED) is 0.0228. The minimum atomic E-state index is -1.96. The Balaban J connectivity index is 2.82. The Bertz CT molecular complexity index is 2110. The van der Waals surface area contributed by atoms with E-state index in [4.69, 9.17) is 23.7 Å². The fraction of sp³-hybridized carbons (Fsp3) is 0.507. The van der Waals surface area contributed by atoms with E-state index in [-0.39, 0.29) is 19.3 Å². The van der Waals surface area contributed by atoms with E-state index in [9.17, 15) is 34.5 Å². The summed E-state index contributed by atoms with van der Waals surface area (Å²) in [7, 11) is 0. The van der Waals surface area contributed by atoms with E-state index in [0.717, 1.165) is 109 Å². The lowest BCUT2D eigenvalue weighted by Crippen LogP contribution is -2.61. The number of unbranched alkanes of at least 4 members (excludes halogenated alkanes) is 4. The highest BCUT2D eigenvalue weighted by Crippen LogP contribution is 2.26. The third-order valence-corrected chi connectivity index (χ3v) is 12.0. The second-order valence-electron chi connectivity index (χ2n) is 19.1. The summed E-state index contributed by atoms with van der Waals surface area (Å²) in [6.45, 7) is 5.49. The zero-order chi connectivity index (χ0) is 58.9. The van der Waals surface area contributed by atoms with Crippen molar-refractivity contribution in [2.75, 3.05) is 13.2 Å². The number of rotatable bonds is 47. The van der Waals surface area contributed by atoms with Crippen LogP contribution >= 0.6 is 0 Å². The SMILES string of the molecule is CC/C=C\C/C=C\C/C=C\C/C=C\C/C=C\C/C=C\CCC(=O)OCC(COC1OC(C(=O)O)C(O)C(O)C1OC(=O)C/C=C\C/C=C\C/C=C\C/C=C\C/C=C\CC)OC(=O)CCCCCC/C=C\C/C=C\C/C=C\C/C=C\CC. The molecule has 1 saturated heterocycles. The number of allylic oxidation sites excluding steroid dienone is 29. The number of hydrogen-bond donors (Lipinski definition) is 3. The van der Waals surface area contributed by atoms with E-state index in [1.807, 2.05) is 24.3 Å². The first-order valence-electron chi connectivity index (χ1n) is 29.8.